The van der Waals surface area contributed by atoms with Crippen LogP contribution in [-0.2, 0) is 0 Å². The molecule has 2 atom stereocenters. The molecule has 0 heterocycles. The number of rotatable bonds is 4. The molecule has 16 heavy (non-hydrogen) atoms. The predicted octanol–water partition coefficient (Wildman–Crippen LogP) is 0.966. The van der Waals surface area contributed by atoms with Gasteiger partial charge in [0.1, 0.15) is 6.10 Å². The smallest absolute Gasteiger partial charge is 0.316 e. The van der Waals surface area contributed by atoms with Gasteiger partial charge in [-0.15, -0.1) is 0 Å². The first-order valence-corrected chi connectivity index (χ1v) is 5.75. The van der Waals surface area contributed by atoms with Crippen LogP contribution in [0.15, 0.2) is 24.3 Å². The summed E-state index contributed by atoms with van der Waals surface area (Å²) in [6.07, 6.45) is -1.90. The van der Waals surface area contributed by atoms with E-state index in [1.54, 1.807) is 24.3 Å². The molecule has 2 unspecified atom stereocenters. The van der Waals surface area contributed by atoms with Gasteiger partial charge >= 0.3 is 6.03 Å². The van der Waals surface area contributed by atoms with Gasteiger partial charge in [0.25, 0.3) is 0 Å². The lowest BCUT2D eigenvalue weighted by atomic mass is 10.0. The van der Waals surface area contributed by atoms with E-state index in [0.717, 1.165) is 0 Å². The fourth-order valence-electron chi connectivity index (χ4n) is 1.25. The predicted molar refractivity (Wildman–Crippen MR) is 64.4 cm³/mol. The molecule has 6 heteroatoms. The van der Waals surface area contributed by atoms with Gasteiger partial charge in [-0.25, -0.2) is 4.79 Å². The molecule has 88 valence electrons. The van der Waals surface area contributed by atoms with Crippen molar-refractivity contribution in [1.82, 2.24) is 0 Å². The number of hydrogen-bond donors (Lipinski definition) is 4. The SMILES string of the molecule is NC(=O)Nc1cccc(C(O)C(O)CBr)c1. The Hall–Kier alpha value is -1.11. The number of nitrogens with two attached hydrogens (primary N) is 1. The number of carbonyl (C=O) groups is 1. The average Bonchev–Trinajstić information content (AvgIpc) is 2.26. The molecule has 0 aliphatic rings. The molecular weight excluding hydrogens is 276 g/mol. The monoisotopic (exact) mass is 288 g/mol. The van der Waals surface area contributed by atoms with Crippen molar-refractivity contribution in [2.75, 3.05) is 10.6 Å². The van der Waals surface area contributed by atoms with Crippen molar-refractivity contribution in [3.05, 3.63) is 29.8 Å². The molecule has 0 saturated carbocycles. The molecule has 1 rings (SSSR count). The molecule has 0 radical (unpaired) electrons. The van der Waals surface area contributed by atoms with Gasteiger partial charge < -0.3 is 21.3 Å². The van der Waals surface area contributed by atoms with Gasteiger partial charge in [-0.05, 0) is 17.7 Å². The van der Waals surface area contributed by atoms with E-state index in [9.17, 15) is 15.0 Å². The van der Waals surface area contributed by atoms with Gasteiger partial charge in [0.2, 0.25) is 0 Å². The van der Waals surface area contributed by atoms with Crippen molar-refractivity contribution >= 4 is 27.6 Å². The molecule has 1 aromatic rings. The number of urea groups is 1. The van der Waals surface area contributed by atoms with Crippen LogP contribution in [0.4, 0.5) is 10.5 Å². The number of nitrogens with one attached hydrogen (secondary N) is 1. The van der Waals surface area contributed by atoms with E-state index in [1.165, 1.54) is 0 Å². The second kappa shape index (κ2) is 5.83. The van der Waals surface area contributed by atoms with E-state index in [2.05, 4.69) is 21.2 Å². The highest BCUT2D eigenvalue weighted by atomic mass is 79.9. The van der Waals surface area contributed by atoms with Crippen LogP contribution in [0.5, 0.6) is 0 Å². The lowest BCUT2D eigenvalue weighted by Crippen LogP contribution is -2.21. The number of hydrogen-bond acceptors (Lipinski definition) is 3. The molecule has 0 aromatic heterocycles. The van der Waals surface area contributed by atoms with Crippen molar-refractivity contribution in [1.29, 1.82) is 0 Å². The molecule has 0 fully saturated rings. The van der Waals surface area contributed by atoms with Crippen molar-refractivity contribution in [3.8, 4) is 0 Å². The topological polar surface area (TPSA) is 95.6 Å². The van der Waals surface area contributed by atoms with Crippen molar-refractivity contribution in [2.24, 2.45) is 5.73 Å². The van der Waals surface area contributed by atoms with Crippen LogP contribution in [0.1, 0.15) is 11.7 Å². The van der Waals surface area contributed by atoms with Gasteiger partial charge in [-0.1, -0.05) is 28.1 Å². The maximum absolute atomic E-state index is 10.6. The number of aliphatic hydroxyl groups excluding tert-OH is 2. The van der Waals surface area contributed by atoms with E-state index in [4.69, 9.17) is 5.73 Å². The third-order valence-corrected chi connectivity index (χ3v) is 2.68. The first-order valence-electron chi connectivity index (χ1n) is 4.63. The average molecular weight is 289 g/mol. The van der Waals surface area contributed by atoms with E-state index >= 15 is 0 Å². The maximum atomic E-state index is 10.6. The van der Waals surface area contributed by atoms with E-state index in [1.807, 2.05) is 0 Å². The summed E-state index contributed by atoms with van der Waals surface area (Å²) in [5, 5.41) is 21.8. The number of anilines is 1. The van der Waals surface area contributed by atoms with Crippen LogP contribution in [0, 0.1) is 0 Å². The second-order valence-electron chi connectivity index (χ2n) is 3.28. The Labute approximate surface area is 101 Å². The molecule has 0 spiro atoms. The van der Waals surface area contributed by atoms with E-state index in [-0.39, 0.29) is 5.33 Å². The second-order valence-corrected chi connectivity index (χ2v) is 3.93. The van der Waals surface area contributed by atoms with Gasteiger partial charge in [-0.3, -0.25) is 0 Å². The molecule has 5 N–H and O–H groups in total. The summed E-state index contributed by atoms with van der Waals surface area (Å²) in [6, 6.07) is 5.84. The Kier molecular flexibility index (Phi) is 4.72. The molecule has 0 aliphatic heterocycles. The summed E-state index contributed by atoms with van der Waals surface area (Å²) in [6.45, 7) is 0. The zero-order valence-corrected chi connectivity index (χ0v) is 10.0. The molecular formula is C10H13BrN2O3. The highest BCUT2D eigenvalue weighted by Crippen LogP contribution is 2.21. The first kappa shape index (κ1) is 13.0. The van der Waals surface area contributed by atoms with Crippen molar-refractivity contribution in [3.63, 3.8) is 0 Å². The number of halogens is 1. The summed E-state index contributed by atoms with van der Waals surface area (Å²) in [7, 11) is 0. The van der Waals surface area contributed by atoms with Crippen LogP contribution in [0.2, 0.25) is 0 Å². The Morgan fingerprint density at radius 2 is 2.19 bits per heavy atom. The maximum Gasteiger partial charge on any atom is 0.316 e. The minimum atomic E-state index is -1.01. The fraction of sp³-hybridized carbons (Fsp3) is 0.300. The normalized spacial score (nSPS) is 14.2. The van der Waals surface area contributed by atoms with Crippen LogP contribution in [0.3, 0.4) is 0 Å². The van der Waals surface area contributed by atoms with E-state index < -0.39 is 18.2 Å². The fourth-order valence-corrected chi connectivity index (χ4v) is 1.60. The number of aliphatic hydroxyl groups is 2. The van der Waals surface area contributed by atoms with Gasteiger partial charge in [0, 0.05) is 11.0 Å². The van der Waals surface area contributed by atoms with Crippen molar-refractivity contribution < 1.29 is 15.0 Å². The third-order valence-electron chi connectivity index (χ3n) is 2.02. The summed E-state index contributed by atoms with van der Waals surface area (Å²) in [5.41, 5.74) is 5.96. The summed E-state index contributed by atoms with van der Waals surface area (Å²) < 4.78 is 0. The lowest BCUT2D eigenvalue weighted by Gasteiger charge is -2.16. The Balaban J connectivity index is 2.85. The highest BCUT2D eigenvalue weighted by Gasteiger charge is 2.17. The van der Waals surface area contributed by atoms with Gasteiger partial charge in [-0.2, -0.15) is 0 Å². The van der Waals surface area contributed by atoms with E-state index in [0.29, 0.717) is 11.3 Å². The number of amides is 2. The summed E-state index contributed by atoms with van der Waals surface area (Å²) in [5.74, 6) is 0. The Morgan fingerprint density at radius 1 is 1.50 bits per heavy atom. The van der Waals surface area contributed by atoms with Crippen molar-refractivity contribution in [2.45, 2.75) is 12.2 Å². The number of primary amides is 1. The lowest BCUT2D eigenvalue weighted by molar-refractivity contribution is 0.0343. The molecule has 5 nitrogen and oxygen atoms in total. The van der Waals surface area contributed by atoms with Crippen LogP contribution < -0.4 is 11.1 Å². The standard InChI is InChI=1S/C10H13BrN2O3/c11-5-8(14)9(15)6-2-1-3-7(4-6)13-10(12)16/h1-4,8-9,14-15H,5H2,(H3,12,13,16). The highest BCUT2D eigenvalue weighted by molar-refractivity contribution is 9.09. The largest absolute Gasteiger partial charge is 0.389 e. The summed E-state index contributed by atoms with van der Waals surface area (Å²) >= 11 is 3.07. The Morgan fingerprint density at radius 3 is 2.75 bits per heavy atom. The third kappa shape index (κ3) is 3.48. The van der Waals surface area contributed by atoms with Gasteiger partial charge in [0.05, 0.1) is 6.10 Å². The van der Waals surface area contributed by atoms with Crippen LogP contribution in [-0.4, -0.2) is 27.7 Å². The summed E-state index contributed by atoms with van der Waals surface area (Å²) in [4.78, 5) is 10.6. The Bertz CT molecular complexity index is 373. The quantitative estimate of drug-likeness (QED) is 0.622. The van der Waals surface area contributed by atoms with Gasteiger partial charge in [0.15, 0.2) is 0 Å². The number of carbonyl (C=O) groups excluding carboxylic acids is 1. The molecule has 0 aliphatic carbocycles. The zero-order valence-electron chi connectivity index (χ0n) is 8.43. The van der Waals surface area contributed by atoms with Crippen LogP contribution >= 0.6 is 15.9 Å². The zero-order chi connectivity index (χ0) is 12.1. The molecule has 2 amide bonds. The number of alkyl halides is 1. The molecule has 1 aromatic carbocycles. The van der Waals surface area contributed by atoms with Crippen LogP contribution in [0.25, 0.3) is 0 Å². The number of benzene rings is 1. The first-order chi connectivity index (χ1) is 7.54. The minimum Gasteiger partial charge on any atom is -0.389 e. The molecule has 0 saturated heterocycles. The molecule has 0 bridgehead atoms. The minimum absolute atomic E-state index is 0.266.